The van der Waals surface area contributed by atoms with E-state index in [4.69, 9.17) is 9.47 Å². The highest BCUT2D eigenvalue weighted by Gasteiger charge is 2.52. The molecule has 2 aliphatic rings. The molecule has 2 heterocycles. The zero-order chi connectivity index (χ0) is 18.7. The highest BCUT2D eigenvalue weighted by molar-refractivity contribution is 5.66. The lowest BCUT2D eigenvalue weighted by Gasteiger charge is -2.39. The van der Waals surface area contributed by atoms with Crippen LogP contribution in [0.25, 0.3) is 0 Å². The molecule has 0 aromatic rings. The molecule has 2 rings (SSSR count). The quantitative estimate of drug-likeness (QED) is 0.471. The van der Waals surface area contributed by atoms with Crippen LogP contribution in [-0.2, 0) is 14.3 Å². The molecular weight excluding hydrogens is 312 g/mol. The van der Waals surface area contributed by atoms with Gasteiger partial charge in [0, 0.05) is 6.92 Å². The second-order valence-electron chi connectivity index (χ2n) is 8.61. The number of rotatable bonds is 2. The fourth-order valence-corrected chi connectivity index (χ4v) is 4.18. The SMILES string of the molecule is CC(=O)OC1CC/C(C)=C/CC/C(C)=C/CC2(C(C)C)CCC1(C)O2. The highest BCUT2D eigenvalue weighted by atomic mass is 16.6. The standard InChI is InChI=1S/C22H36O3/c1-16(2)22-13-12-18(4)9-7-8-17(3)10-11-20(24-19(5)23)21(6,25-22)14-15-22/h8,12,16,20H,7,9-11,13-15H2,1-6H3/b17-8+,18-12+. The second kappa shape index (κ2) is 8.07. The van der Waals surface area contributed by atoms with E-state index in [1.807, 2.05) is 0 Å². The van der Waals surface area contributed by atoms with Crippen molar-refractivity contribution < 1.29 is 14.3 Å². The Hall–Kier alpha value is -1.09. The van der Waals surface area contributed by atoms with E-state index in [1.54, 1.807) is 0 Å². The predicted molar refractivity (Wildman–Crippen MR) is 102 cm³/mol. The summed E-state index contributed by atoms with van der Waals surface area (Å²) in [6.45, 7) is 12.6. The van der Waals surface area contributed by atoms with Crippen molar-refractivity contribution in [2.75, 3.05) is 0 Å². The second-order valence-corrected chi connectivity index (χ2v) is 8.61. The molecule has 2 bridgehead atoms. The van der Waals surface area contributed by atoms with Crippen molar-refractivity contribution in [3.63, 3.8) is 0 Å². The number of ether oxygens (including phenoxy) is 2. The molecule has 1 fully saturated rings. The van der Waals surface area contributed by atoms with Gasteiger partial charge in [-0.05, 0) is 71.6 Å². The van der Waals surface area contributed by atoms with Crippen molar-refractivity contribution in [3.05, 3.63) is 23.3 Å². The summed E-state index contributed by atoms with van der Waals surface area (Å²) in [5, 5.41) is 0. The van der Waals surface area contributed by atoms with Crippen LogP contribution in [0.15, 0.2) is 23.3 Å². The van der Waals surface area contributed by atoms with Crippen LogP contribution in [0.1, 0.15) is 86.5 Å². The molecule has 1 saturated heterocycles. The Labute approximate surface area is 153 Å². The fourth-order valence-electron chi connectivity index (χ4n) is 4.18. The molecule has 0 N–H and O–H groups in total. The van der Waals surface area contributed by atoms with Gasteiger partial charge in [0.2, 0.25) is 0 Å². The summed E-state index contributed by atoms with van der Waals surface area (Å²) in [5.74, 6) is 0.222. The largest absolute Gasteiger partial charge is 0.459 e. The summed E-state index contributed by atoms with van der Waals surface area (Å²) in [5.41, 5.74) is 2.27. The normalized spacial score (nSPS) is 38.6. The number of hydrogen-bond acceptors (Lipinski definition) is 3. The van der Waals surface area contributed by atoms with Crippen LogP contribution in [0.3, 0.4) is 0 Å². The van der Waals surface area contributed by atoms with Gasteiger partial charge in [-0.15, -0.1) is 0 Å². The molecule has 0 aromatic heterocycles. The maximum absolute atomic E-state index is 11.7. The first-order valence-corrected chi connectivity index (χ1v) is 9.85. The van der Waals surface area contributed by atoms with E-state index in [-0.39, 0.29) is 17.7 Å². The summed E-state index contributed by atoms with van der Waals surface area (Å²) in [6.07, 6.45) is 11.4. The van der Waals surface area contributed by atoms with Crippen molar-refractivity contribution >= 4 is 5.97 Å². The summed E-state index contributed by atoms with van der Waals surface area (Å²) < 4.78 is 12.5. The minimum Gasteiger partial charge on any atom is -0.459 e. The Balaban J connectivity index is 2.35. The van der Waals surface area contributed by atoms with Gasteiger partial charge in [0.15, 0.2) is 0 Å². The molecule has 2 aliphatic heterocycles. The molecule has 0 radical (unpaired) electrons. The summed E-state index contributed by atoms with van der Waals surface area (Å²) in [7, 11) is 0. The third-order valence-electron chi connectivity index (χ3n) is 6.15. The number of esters is 1. The molecule has 0 aliphatic carbocycles. The highest BCUT2D eigenvalue weighted by Crippen LogP contribution is 2.48. The van der Waals surface area contributed by atoms with E-state index >= 15 is 0 Å². The maximum Gasteiger partial charge on any atom is 0.303 e. The number of fused-ring (bicyclic) bond motifs is 2. The minimum absolute atomic E-state index is 0.148. The number of allylic oxidation sites excluding steroid dienone is 3. The Bertz CT molecular complexity index is 545. The first-order valence-electron chi connectivity index (χ1n) is 9.85. The Morgan fingerprint density at radius 1 is 1.20 bits per heavy atom. The molecule has 3 unspecified atom stereocenters. The van der Waals surface area contributed by atoms with Crippen molar-refractivity contribution in [3.8, 4) is 0 Å². The zero-order valence-corrected chi connectivity index (χ0v) is 17.0. The fraction of sp³-hybridized carbons (Fsp3) is 0.773. The van der Waals surface area contributed by atoms with Crippen molar-refractivity contribution in [2.24, 2.45) is 5.92 Å². The van der Waals surface area contributed by atoms with E-state index < -0.39 is 5.60 Å². The van der Waals surface area contributed by atoms with Crippen LogP contribution >= 0.6 is 0 Å². The molecular formula is C22H36O3. The van der Waals surface area contributed by atoms with Crippen molar-refractivity contribution in [1.29, 1.82) is 0 Å². The predicted octanol–water partition coefficient (Wildman–Crippen LogP) is 5.74. The summed E-state index contributed by atoms with van der Waals surface area (Å²) in [4.78, 5) is 11.7. The van der Waals surface area contributed by atoms with Crippen molar-refractivity contribution in [2.45, 2.75) is 104 Å². The van der Waals surface area contributed by atoms with Gasteiger partial charge in [0.05, 0.1) is 5.60 Å². The Morgan fingerprint density at radius 2 is 1.88 bits per heavy atom. The van der Waals surface area contributed by atoms with Gasteiger partial charge in [-0.3, -0.25) is 4.79 Å². The number of carbonyl (C=O) groups excluding carboxylic acids is 1. The van der Waals surface area contributed by atoms with Crippen LogP contribution in [0, 0.1) is 5.92 Å². The smallest absolute Gasteiger partial charge is 0.303 e. The van der Waals surface area contributed by atoms with Gasteiger partial charge < -0.3 is 9.47 Å². The number of carbonyl (C=O) groups is 1. The average Bonchev–Trinajstić information content (AvgIpc) is 2.88. The lowest BCUT2D eigenvalue weighted by Crippen LogP contribution is -2.46. The van der Waals surface area contributed by atoms with E-state index in [2.05, 4.69) is 46.8 Å². The van der Waals surface area contributed by atoms with Gasteiger partial charge in [-0.2, -0.15) is 0 Å². The van der Waals surface area contributed by atoms with Gasteiger partial charge in [-0.25, -0.2) is 0 Å². The molecule has 0 aromatic carbocycles. The molecule has 0 saturated carbocycles. The van der Waals surface area contributed by atoms with Gasteiger partial charge >= 0.3 is 5.97 Å². The Morgan fingerprint density at radius 3 is 2.52 bits per heavy atom. The monoisotopic (exact) mass is 348 g/mol. The van der Waals surface area contributed by atoms with E-state index in [9.17, 15) is 4.79 Å². The van der Waals surface area contributed by atoms with Crippen LogP contribution in [0.5, 0.6) is 0 Å². The number of hydrogen-bond donors (Lipinski definition) is 0. The topological polar surface area (TPSA) is 35.5 Å². The summed E-state index contributed by atoms with van der Waals surface area (Å²) in [6, 6.07) is 0. The van der Waals surface area contributed by atoms with Crippen LogP contribution in [0.2, 0.25) is 0 Å². The zero-order valence-electron chi connectivity index (χ0n) is 17.0. The molecule has 3 heteroatoms. The van der Waals surface area contributed by atoms with Gasteiger partial charge in [0.1, 0.15) is 11.7 Å². The van der Waals surface area contributed by atoms with E-state index in [0.717, 1.165) is 44.9 Å². The first-order chi connectivity index (χ1) is 11.7. The molecule has 142 valence electrons. The molecule has 3 atom stereocenters. The average molecular weight is 349 g/mol. The first kappa shape index (κ1) is 20.2. The lowest BCUT2D eigenvalue weighted by molar-refractivity contribution is -0.186. The molecule has 0 amide bonds. The molecule has 0 spiro atoms. The van der Waals surface area contributed by atoms with Gasteiger partial charge in [-0.1, -0.05) is 37.1 Å². The third-order valence-corrected chi connectivity index (χ3v) is 6.15. The molecule has 25 heavy (non-hydrogen) atoms. The summed E-state index contributed by atoms with van der Waals surface area (Å²) >= 11 is 0. The van der Waals surface area contributed by atoms with E-state index in [1.165, 1.54) is 18.1 Å². The van der Waals surface area contributed by atoms with Crippen LogP contribution in [-0.4, -0.2) is 23.3 Å². The lowest BCUT2D eigenvalue weighted by atomic mass is 9.82. The van der Waals surface area contributed by atoms with Crippen LogP contribution < -0.4 is 0 Å². The third kappa shape index (κ3) is 4.97. The Kier molecular flexibility index (Phi) is 6.53. The maximum atomic E-state index is 11.7. The minimum atomic E-state index is -0.397. The van der Waals surface area contributed by atoms with Crippen LogP contribution in [0.4, 0.5) is 0 Å². The van der Waals surface area contributed by atoms with Crippen molar-refractivity contribution in [1.82, 2.24) is 0 Å². The van der Waals surface area contributed by atoms with E-state index in [0.29, 0.717) is 5.92 Å². The molecule has 3 nitrogen and oxygen atoms in total. The van der Waals surface area contributed by atoms with Gasteiger partial charge in [0.25, 0.3) is 0 Å².